The summed E-state index contributed by atoms with van der Waals surface area (Å²) in [4.78, 5) is 11.2. The Morgan fingerprint density at radius 1 is 1.73 bits per heavy atom. The van der Waals surface area contributed by atoms with E-state index in [9.17, 15) is 4.79 Å². The smallest absolute Gasteiger partial charge is 0.310 e. The number of ether oxygens (including phenoxy) is 1. The largest absolute Gasteiger partial charge is 0.469 e. The first-order valence-corrected chi connectivity index (χ1v) is 5.18. The Morgan fingerprint density at radius 3 is 3.07 bits per heavy atom. The second-order valence-electron chi connectivity index (χ2n) is 4.06. The maximum Gasteiger partial charge on any atom is 0.310 e. The van der Waals surface area contributed by atoms with Gasteiger partial charge in [0.1, 0.15) is 0 Å². The molecule has 5 heteroatoms. The van der Waals surface area contributed by atoms with Crippen molar-refractivity contribution in [2.24, 2.45) is 5.92 Å². The van der Waals surface area contributed by atoms with Crippen LogP contribution in [0.5, 0.6) is 0 Å². The number of nitrogens with zero attached hydrogens (tertiary/aromatic N) is 3. The number of rotatable bonds is 4. The zero-order chi connectivity index (χ0) is 10.8. The van der Waals surface area contributed by atoms with E-state index in [1.54, 1.807) is 4.68 Å². The Bertz CT molecular complexity index is 357. The molecule has 82 valence electrons. The molecule has 0 radical (unpaired) electrons. The predicted octanol–water partition coefficient (Wildman–Crippen LogP) is 0.965. The molecule has 1 aliphatic carbocycles. The van der Waals surface area contributed by atoms with Gasteiger partial charge in [-0.15, -0.1) is 5.10 Å². The number of hydrogen-bond acceptors (Lipinski definition) is 4. The molecule has 2 rings (SSSR count). The van der Waals surface area contributed by atoms with Crippen LogP contribution in [-0.4, -0.2) is 28.1 Å². The molecule has 1 atom stereocenters. The quantitative estimate of drug-likeness (QED) is 0.693. The zero-order valence-corrected chi connectivity index (χ0v) is 9.01. The summed E-state index contributed by atoms with van der Waals surface area (Å²) in [7, 11) is 1.40. The summed E-state index contributed by atoms with van der Waals surface area (Å²) < 4.78 is 6.37. The lowest BCUT2D eigenvalue weighted by Crippen LogP contribution is -2.19. The molecule has 1 aromatic heterocycles. The van der Waals surface area contributed by atoms with Gasteiger partial charge in [-0.3, -0.25) is 9.48 Å². The molecule has 1 aliphatic rings. The van der Waals surface area contributed by atoms with Gasteiger partial charge in [0.2, 0.25) is 0 Å². The zero-order valence-electron chi connectivity index (χ0n) is 9.01. The molecular formula is C10H15N3O2. The normalized spacial score (nSPS) is 17.5. The van der Waals surface area contributed by atoms with Gasteiger partial charge >= 0.3 is 5.97 Å². The van der Waals surface area contributed by atoms with Gasteiger partial charge < -0.3 is 4.74 Å². The summed E-state index contributed by atoms with van der Waals surface area (Å²) in [5, 5.41) is 8.07. The second-order valence-corrected chi connectivity index (χ2v) is 4.06. The molecule has 0 aliphatic heterocycles. The maximum absolute atomic E-state index is 11.2. The van der Waals surface area contributed by atoms with E-state index < -0.39 is 0 Å². The minimum Gasteiger partial charge on any atom is -0.469 e. The van der Waals surface area contributed by atoms with Gasteiger partial charge in [0, 0.05) is 12.1 Å². The molecule has 15 heavy (non-hydrogen) atoms. The SMILES string of the molecule is COC(=O)[C@@H](C)Cn1cc(C2CC2)nn1. The highest BCUT2D eigenvalue weighted by Gasteiger charge is 2.26. The highest BCUT2D eigenvalue weighted by atomic mass is 16.5. The number of aromatic nitrogens is 3. The maximum atomic E-state index is 11.2. The summed E-state index contributed by atoms with van der Waals surface area (Å²) in [5.41, 5.74) is 1.05. The summed E-state index contributed by atoms with van der Waals surface area (Å²) in [6, 6.07) is 0. The van der Waals surface area contributed by atoms with Crippen LogP contribution in [0, 0.1) is 5.92 Å². The van der Waals surface area contributed by atoms with Crippen LogP contribution >= 0.6 is 0 Å². The standard InChI is InChI=1S/C10H15N3O2/c1-7(10(14)15-2)5-13-6-9(11-12-13)8-3-4-8/h6-8H,3-5H2,1-2H3/t7-/m0/s1. The first-order valence-electron chi connectivity index (χ1n) is 5.18. The summed E-state index contributed by atoms with van der Waals surface area (Å²) in [6.45, 7) is 2.36. The van der Waals surface area contributed by atoms with Crippen LogP contribution in [0.25, 0.3) is 0 Å². The van der Waals surface area contributed by atoms with Crippen molar-refractivity contribution in [2.75, 3.05) is 7.11 Å². The molecule has 0 spiro atoms. The summed E-state index contributed by atoms with van der Waals surface area (Å²) in [5.74, 6) is 0.217. The Hall–Kier alpha value is -1.39. The van der Waals surface area contributed by atoms with E-state index in [0.717, 1.165) is 5.69 Å². The molecule has 0 saturated heterocycles. The molecule has 1 saturated carbocycles. The van der Waals surface area contributed by atoms with Gasteiger partial charge in [0.15, 0.2) is 0 Å². The number of hydrogen-bond donors (Lipinski definition) is 0. The van der Waals surface area contributed by atoms with Gasteiger partial charge in [0.25, 0.3) is 0 Å². The minimum absolute atomic E-state index is 0.177. The second kappa shape index (κ2) is 4.00. The topological polar surface area (TPSA) is 57.0 Å². The Kier molecular flexibility index (Phi) is 2.70. The van der Waals surface area contributed by atoms with Gasteiger partial charge in [0.05, 0.1) is 25.3 Å². The fourth-order valence-electron chi connectivity index (χ4n) is 1.53. The van der Waals surface area contributed by atoms with Crippen LogP contribution in [0.15, 0.2) is 6.20 Å². The van der Waals surface area contributed by atoms with Crippen molar-refractivity contribution in [1.29, 1.82) is 0 Å². The molecule has 0 unspecified atom stereocenters. The molecule has 0 bridgehead atoms. The van der Waals surface area contributed by atoms with Crippen molar-refractivity contribution in [3.05, 3.63) is 11.9 Å². The minimum atomic E-state index is -0.210. The van der Waals surface area contributed by atoms with E-state index in [-0.39, 0.29) is 11.9 Å². The van der Waals surface area contributed by atoms with Crippen LogP contribution in [-0.2, 0) is 16.1 Å². The number of methoxy groups -OCH3 is 1. The van der Waals surface area contributed by atoms with Crippen molar-refractivity contribution in [3.8, 4) is 0 Å². The van der Waals surface area contributed by atoms with Crippen LogP contribution in [0.3, 0.4) is 0 Å². The summed E-state index contributed by atoms with van der Waals surface area (Å²) >= 11 is 0. The van der Waals surface area contributed by atoms with E-state index >= 15 is 0 Å². The number of carbonyl (C=O) groups excluding carboxylic acids is 1. The third kappa shape index (κ3) is 2.34. The molecule has 1 aromatic rings. The third-order valence-corrected chi connectivity index (χ3v) is 2.62. The van der Waals surface area contributed by atoms with Crippen LogP contribution in [0.1, 0.15) is 31.4 Å². The van der Waals surface area contributed by atoms with Crippen LogP contribution in [0.4, 0.5) is 0 Å². The fourth-order valence-corrected chi connectivity index (χ4v) is 1.53. The molecule has 1 heterocycles. The molecule has 0 amide bonds. The molecule has 5 nitrogen and oxygen atoms in total. The fraction of sp³-hybridized carbons (Fsp3) is 0.700. The highest BCUT2D eigenvalue weighted by Crippen LogP contribution is 2.38. The van der Waals surface area contributed by atoms with E-state index in [2.05, 4.69) is 15.0 Å². The van der Waals surface area contributed by atoms with Crippen molar-refractivity contribution in [3.63, 3.8) is 0 Å². The lowest BCUT2D eigenvalue weighted by atomic mass is 10.2. The lowest BCUT2D eigenvalue weighted by molar-refractivity contribution is -0.145. The number of carbonyl (C=O) groups is 1. The highest BCUT2D eigenvalue weighted by molar-refractivity contribution is 5.71. The van der Waals surface area contributed by atoms with Crippen molar-refractivity contribution >= 4 is 5.97 Å². The molecular weight excluding hydrogens is 194 g/mol. The lowest BCUT2D eigenvalue weighted by Gasteiger charge is -2.07. The first kappa shape index (κ1) is 10.1. The molecule has 1 fully saturated rings. The summed E-state index contributed by atoms with van der Waals surface area (Å²) in [6.07, 6.45) is 4.35. The van der Waals surface area contributed by atoms with Crippen LogP contribution < -0.4 is 0 Å². The average Bonchev–Trinajstić information content (AvgIpc) is 2.99. The molecule has 0 N–H and O–H groups in total. The molecule has 0 aromatic carbocycles. The van der Waals surface area contributed by atoms with Crippen molar-refractivity contribution in [2.45, 2.75) is 32.2 Å². The van der Waals surface area contributed by atoms with Gasteiger partial charge in [-0.25, -0.2) is 0 Å². The van der Waals surface area contributed by atoms with E-state index in [1.165, 1.54) is 20.0 Å². The monoisotopic (exact) mass is 209 g/mol. The van der Waals surface area contributed by atoms with E-state index in [4.69, 9.17) is 0 Å². The van der Waals surface area contributed by atoms with E-state index in [0.29, 0.717) is 12.5 Å². The Labute approximate surface area is 88.4 Å². The van der Waals surface area contributed by atoms with Gasteiger partial charge in [-0.05, 0) is 12.8 Å². The first-order chi connectivity index (χ1) is 7.20. The van der Waals surface area contributed by atoms with Gasteiger partial charge in [-0.1, -0.05) is 12.1 Å². The third-order valence-electron chi connectivity index (χ3n) is 2.62. The van der Waals surface area contributed by atoms with Crippen molar-refractivity contribution < 1.29 is 9.53 Å². The van der Waals surface area contributed by atoms with Gasteiger partial charge in [-0.2, -0.15) is 0 Å². The predicted molar refractivity (Wildman–Crippen MR) is 53.2 cm³/mol. The Morgan fingerprint density at radius 2 is 2.47 bits per heavy atom. The number of esters is 1. The Balaban J connectivity index is 1.94. The van der Waals surface area contributed by atoms with E-state index in [1.807, 2.05) is 13.1 Å². The van der Waals surface area contributed by atoms with Crippen LogP contribution in [0.2, 0.25) is 0 Å². The average molecular weight is 209 g/mol. The van der Waals surface area contributed by atoms with Crippen molar-refractivity contribution in [1.82, 2.24) is 15.0 Å².